The molecule has 0 N–H and O–H groups in total. The standard InChI is InChI=1S/C12H8Cl3NO/c1-17-11-6-16-3-2-8(11)7-4-9(13)12(15)10(14)5-7/h2-6H,1H3. The Kier molecular flexibility index (Phi) is 3.77. The topological polar surface area (TPSA) is 22.1 Å². The molecule has 0 aliphatic heterocycles. The van der Waals surface area contributed by atoms with Gasteiger partial charge in [-0.1, -0.05) is 34.8 Å². The zero-order valence-corrected chi connectivity index (χ0v) is 11.1. The molecule has 0 bridgehead atoms. The van der Waals surface area contributed by atoms with Crippen LogP contribution in [-0.2, 0) is 0 Å². The first-order chi connectivity index (χ1) is 8.13. The van der Waals surface area contributed by atoms with E-state index in [2.05, 4.69) is 4.98 Å². The second-order valence-corrected chi connectivity index (χ2v) is 4.52. The highest BCUT2D eigenvalue weighted by molar-refractivity contribution is 6.48. The van der Waals surface area contributed by atoms with Crippen molar-refractivity contribution in [1.82, 2.24) is 4.98 Å². The highest BCUT2D eigenvalue weighted by Gasteiger charge is 2.10. The number of aromatic nitrogens is 1. The van der Waals surface area contributed by atoms with Gasteiger partial charge in [0.05, 0.1) is 28.4 Å². The van der Waals surface area contributed by atoms with E-state index in [1.807, 2.05) is 6.07 Å². The summed E-state index contributed by atoms with van der Waals surface area (Å²) in [4.78, 5) is 3.99. The lowest BCUT2D eigenvalue weighted by atomic mass is 10.1. The molecule has 1 heterocycles. The maximum Gasteiger partial charge on any atom is 0.144 e. The number of halogens is 3. The van der Waals surface area contributed by atoms with Crippen LogP contribution in [0.2, 0.25) is 15.1 Å². The Hall–Kier alpha value is -0.960. The maximum atomic E-state index is 5.99. The van der Waals surface area contributed by atoms with Gasteiger partial charge in [-0.2, -0.15) is 0 Å². The summed E-state index contributed by atoms with van der Waals surface area (Å²) in [5.74, 6) is 0.655. The molecule has 2 rings (SSSR count). The Morgan fingerprint density at radius 1 is 1.12 bits per heavy atom. The van der Waals surface area contributed by atoms with Gasteiger partial charge in [0.2, 0.25) is 0 Å². The fraction of sp³-hybridized carbons (Fsp3) is 0.0833. The summed E-state index contributed by atoms with van der Waals surface area (Å²) in [5.41, 5.74) is 1.70. The molecule has 5 heteroatoms. The first-order valence-electron chi connectivity index (χ1n) is 4.76. The molecule has 0 saturated carbocycles. The van der Waals surface area contributed by atoms with Gasteiger partial charge in [0.1, 0.15) is 5.75 Å². The van der Waals surface area contributed by atoms with Crippen molar-refractivity contribution in [3.8, 4) is 16.9 Å². The molecule has 0 saturated heterocycles. The molecular formula is C12H8Cl3NO. The first-order valence-corrected chi connectivity index (χ1v) is 5.89. The number of methoxy groups -OCH3 is 1. The molecule has 0 spiro atoms. The summed E-state index contributed by atoms with van der Waals surface area (Å²) in [6.07, 6.45) is 3.31. The quantitative estimate of drug-likeness (QED) is 0.746. The SMILES string of the molecule is COc1cnccc1-c1cc(Cl)c(Cl)c(Cl)c1. The molecule has 0 fully saturated rings. The van der Waals surface area contributed by atoms with E-state index in [9.17, 15) is 0 Å². The molecule has 0 unspecified atom stereocenters. The summed E-state index contributed by atoms with van der Waals surface area (Å²) in [6.45, 7) is 0. The Balaban J connectivity index is 2.61. The van der Waals surface area contributed by atoms with Gasteiger partial charge in [-0.15, -0.1) is 0 Å². The van der Waals surface area contributed by atoms with Crippen molar-refractivity contribution in [2.24, 2.45) is 0 Å². The molecule has 2 aromatic rings. The summed E-state index contributed by atoms with van der Waals surface area (Å²) in [7, 11) is 1.58. The van der Waals surface area contributed by atoms with E-state index in [0.717, 1.165) is 11.1 Å². The number of hydrogen-bond donors (Lipinski definition) is 0. The van der Waals surface area contributed by atoms with E-state index >= 15 is 0 Å². The summed E-state index contributed by atoms with van der Waals surface area (Å²) >= 11 is 17.9. The van der Waals surface area contributed by atoms with Crippen LogP contribution in [-0.4, -0.2) is 12.1 Å². The van der Waals surface area contributed by atoms with Crippen molar-refractivity contribution >= 4 is 34.8 Å². The average molecular weight is 289 g/mol. The van der Waals surface area contributed by atoms with Crippen LogP contribution in [0.1, 0.15) is 0 Å². The smallest absolute Gasteiger partial charge is 0.144 e. The summed E-state index contributed by atoms with van der Waals surface area (Å²) in [5, 5.41) is 1.17. The Morgan fingerprint density at radius 3 is 2.35 bits per heavy atom. The fourth-order valence-corrected chi connectivity index (χ4v) is 2.09. The lowest BCUT2D eigenvalue weighted by molar-refractivity contribution is 0.414. The minimum absolute atomic E-state index is 0.352. The molecule has 0 aliphatic rings. The highest BCUT2D eigenvalue weighted by Crippen LogP contribution is 2.37. The third kappa shape index (κ3) is 2.49. The van der Waals surface area contributed by atoms with Gasteiger partial charge in [0.25, 0.3) is 0 Å². The van der Waals surface area contributed by atoms with Crippen LogP contribution in [0.5, 0.6) is 5.75 Å². The van der Waals surface area contributed by atoms with Crippen LogP contribution in [0.25, 0.3) is 11.1 Å². The highest BCUT2D eigenvalue weighted by atomic mass is 35.5. The number of benzene rings is 1. The lowest BCUT2D eigenvalue weighted by Crippen LogP contribution is -1.89. The van der Waals surface area contributed by atoms with Crippen molar-refractivity contribution in [3.05, 3.63) is 45.7 Å². The van der Waals surface area contributed by atoms with Crippen molar-refractivity contribution < 1.29 is 4.74 Å². The van der Waals surface area contributed by atoms with Crippen LogP contribution < -0.4 is 4.74 Å². The van der Waals surface area contributed by atoms with E-state index in [4.69, 9.17) is 39.5 Å². The number of pyridine rings is 1. The van der Waals surface area contributed by atoms with Crippen molar-refractivity contribution in [2.45, 2.75) is 0 Å². The zero-order chi connectivity index (χ0) is 12.4. The van der Waals surface area contributed by atoms with Crippen LogP contribution in [0.15, 0.2) is 30.6 Å². The van der Waals surface area contributed by atoms with Gasteiger partial charge < -0.3 is 4.74 Å². The number of ether oxygens (including phenoxy) is 1. The minimum Gasteiger partial charge on any atom is -0.494 e. The molecule has 2 nitrogen and oxygen atoms in total. The molecule has 0 radical (unpaired) electrons. The molecular weight excluding hydrogens is 280 g/mol. The normalized spacial score (nSPS) is 10.4. The van der Waals surface area contributed by atoms with E-state index in [1.165, 1.54) is 0 Å². The molecule has 0 aliphatic carbocycles. The van der Waals surface area contributed by atoms with Crippen molar-refractivity contribution in [3.63, 3.8) is 0 Å². The van der Waals surface area contributed by atoms with Crippen molar-refractivity contribution in [1.29, 1.82) is 0 Å². The third-order valence-electron chi connectivity index (χ3n) is 2.30. The molecule has 1 aromatic heterocycles. The van der Waals surface area contributed by atoms with Gasteiger partial charge in [0, 0.05) is 11.8 Å². The molecule has 17 heavy (non-hydrogen) atoms. The van der Waals surface area contributed by atoms with Gasteiger partial charge >= 0.3 is 0 Å². The van der Waals surface area contributed by atoms with Gasteiger partial charge in [-0.3, -0.25) is 4.98 Å². The average Bonchev–Trinajstić information content (AvgIpc) is 2.35. The second kappa shape index (κ2) is 5.13. The number of hydrogen-bond acceptors (Lipinski definition) is 2. The molecule has 0 amide bonds. The van der Waals surface area contributed by atoms with E-state index in [1.54, 1.807) is 31.6 Å². The Labute approximate surface area is 114 Å². The van der Waals surface area contributed by atoms with Crippen LogP contribution >= 0.6 is 34.8 Å². The third-order valence-corrected chi connectivity index (χ3v) is 3.50. The molecule has 0 atom stereocenters. The van der Waals surface area contributed by atoms with Gasteiger partial charge in [-0.25, -0.2) is 0 Å². The van der Waals surface area contributed by atoms with Crippen LogP contribution in [0.3, 0.4) is 0 Å². The van der Waals surface area contributed by atoms with E-state index in [0.29, 0.717) is 20.8 Å². The molecule has 1 aromatic carbocycles. The van der Waals surface area contributed by atoms with Gasteiger partial charge in [-0.05, 0) is 23.8 Å². The molecule has 88 valence electrons. The number of nitrogens with zero attached hydrogens (tertiary/aromatic N) is 1. The predicted molar refractivity (Wildman–Crippen MR) is 71.3 cm³/mol. The fourth-order valence-electron chi connectivity index (χ4n) is 1.49. The zero-order valence-electron chi connectivity index (χ0n) is 8.88. The Morgan fingerprint density at radius 2 is 1.76 bits per heavy atom. The first kappa shape index (κ1) is 12.5. The van der Waals surface area contributed by atoms with Crippen LogP contribution in [0, 0.1) is 0 Å². The summed E-state index contributed by atoms with van der Waals surface area (Å²) in [6, 6.07) is 5.32. The van der Waals surface area contributed by atoms with E-state index in [-0.39, 0.29) is 0 Å². The van der Waals surface area contributed by atoms with E-state index < -0.39 is 0 Å². The lowest BCUT2D eigenvalue weighted by Gasteiger charge is -2.09. The van der Waals surface area contributed by atoms with Gasteiger partial charge in [0.15, 0.2) is 0 Å². The predicted octanol–water partition coefficient (Wildman–Crippen LogP) is 4.72. The second-order valence-electron chi connectivity index (χ2n) is 3.33. The largest absolute Gasteiger partial charge is 0.494 e. The maximum absolute atomic E-state index is 5.99. The van der Waals surface area contributed by atoms with Crippen LogP contribution in [0.4, 0.5) is 0 Å². The van der Waals surface area contributed by atoms with Crippen molar-refractivity contribution in [2.75, 3.05) is 7.11 Å². The monoisotopic (exact) mass is 287 g/mol. The minimum atomic E-state index is 0.352. The Bertz CT molecular complexity index is 534. The summed E-state index contributed by atoms with van der Waals surface area (Å²) < 4.78 is 5.23. The number of rotatable bonds is 2.